The van der Waals surface area contributed by atoms with E-state index in [9.17, 15) is 9.90 Å². The average molecular weight is 277 g/mol. The monoisotopic (exact) mass is 277 g/mol. The molecular formula is C9H8N3NaO2S2. The van der Waals surface area contributed by atoms with E-state index in [0.717, 1.165) is 22.5 Å². The number of aromatic nitrogens is 3. The minimum atomic E-state index is -1.11. The van der Waals surface area contributed by atoms with Crippen LogP contribution < -0.4 is 34.7 Å². The number of hydrogen-bond donors (Lipinski definition) is 0. The SMILES string of the molecule is Cn1c(SCC(=O)[O-])nnc1-c1cccs1.[Na+]. The van der Waals surface area contributed by atoms with Gasteiger partial charge in [-0.05, 0) is 11.4 Å². The van der Waals surface area contributed by atoms with Crippen LogP contribution in [-0.2, 0) is 11.8 Å². The van der Waals surface area contributed by atoms with E-state index < -0.39 is 5.97 Å². The van der Waals surface area contributed by atoms with Crippen molar-refractivity contribution in [2.45, 2.75) is 5.16 Å². The molecule has 2 aromatic heterocycles. The van der Waals surface area contributed by atoms with Crippen LogP contribution in [0.25, 0.3) is 10.7 Å². The molecule has 0 aliphatic carbocycles. The Morgan fingerprint density at radius 3 is 2.94 bits per heavy atom. The number of carbonyl (C=O) groups is 1. The van der Waals surface area contributed by atoms with Gasteiger partial charge in [-0.3, -0.25) is 0 Å². The molecule has 2 aromatic rings. The second kappa shape index (κ2) is 6.55. The molecule has 0 saturated heterocycles. The number of carboxylic acids is 1. The Labute approximate surface area is 129 Å². The number of thioether (sulfide) groups is 1. The fourth-order valence-electron chi connectivity index (χ4n) is 1.18. The second-order valence-corrected chi connectivity index (χ2v) is 4.89. The van der Waals surface area contributed by atoms with Gasteiger partial charge in [0.2, 0.25) is 0 Å². The number of thiophene rings is 1. The van der Waals surface area contributed by atoms with Gasteiger partial charge in [0.1, 0.15) is 0 Å². The molecule has 0 unspecified atom stereocenters. The maximum absolute atomic E-state index is 10.3. The molecule has 2 heterocycles. The molecule has 0 bridgehead atoms. The van der Waals surface area contributed by atoms with Gasteiger partial charge in [-0.25, -0.2) is 0 Å². The van der Waals surface area contributed by atoms with Crippen molar-refractivity contribution in [3.05, 3.63) is 17.5 Å². The Morgan fingerprint density at radius 2 is 2.35 bits per heavy atom. The molecule has 0 amide bonds. The fraction of sp³-hybridized carbons (Fsp3) is 0.222. The van der Waals surface area contributed by atoms with Crippen molar-refractivity contribution in [1.82, 2.24) is 14.8 Å². The zero-order valence-corrected chi connectivity index (χ0v) is 13.0. The van der Waals surface area contributed by atoms with Crippen molar-refractivity contribution >= 4 is 29.1 Å². The van der Waals surface area contributed by atoms with Crippen molar-refractivity contribution in [2.75, 3.05) is 5.75 Å². The Hall–Kier alpha value is -0.340. The molecule has 17 heavy (non-hydrogen) atoms. The minimum absolute atomic E-state index is 0. The van der Waals surface area contributed by atoms with E-state index in [0.29, 0.717) is 5.16 Å². The van der Waals surface area contributed by atoms with Gasteiger partial charge in [-0.2, -0.15) is 0 Å². The molecule has 0 N–H and O–H groups in total. The summed E-state index contributed by atoms with van der Waals surface area (Å²) in [4.78, 5) is 11.3. The molecule has 0 saturated carbocycles. The molecule has 0 aliphatic heterocycles. The van der Waals surface area contributed by atoms with Crippen LogP contribution in [0.4, 0.5) is 0 Å². The predicted octanol–water partition coefficient (Wildman–Crippen LogP) is -2.61. The van der Waals surface area contributed by atoms with E-state index in [4.69, 9.17) is 0 Å². The summed E-state index contributed by atoms with van der Waals surface area (Å²) in [7, 11) is 1.81. The molecule has 0 aromatic carbocycles. The van der Waals surface area contributed by atoms with Gasteiger partial charge in [-0.15, -0.1) is 21.5 Å². The van der Waals surface area contributed by atoms with Crippen LogP contribution in [0.15, 0.2) is 22.7 Å². The average Bonchev–Trinajstić information content (AvgIpc) is 2.84. The summed E-state index contributed by atoms with van der Waals surface area (Å²) in [6.07, 6.45) is 0. The molecule has 2 rings (SSSR count). The normalized spacial score (nSPS) is 9.94. The van der Waals surface area contributed by atoms with Gasteiger partial charge in [0.15, 0.2) is 11.0 Å². The van der Waals surface area contributed by atoms with Crippen LogP contribution in [0.3, 0.4) is 0 Å². The number of nitrogens with zero attached hydrogens (tertiary/aromatic N) is 3. The maximum Gasteiger partial charge on any atom is 1.00 e. The van der Waals surface area contributed by atoms with Gasteiger partial charge < -0.3 is 14.5 Å². The van der Waals surface area contributed by atoms with Crippen molar-refractivity contribution in [3.63, 3.8) is 0 Å². The largest absolute Gasteiger partial charge is 1.00 e. The van der Waals surface area contributed by atoms with Gasteiger partial charge in [0, 0.05) is 12.8 Å². The van der Waals surface area contributed by atoms with E-state index in [1.54, 1.807) is 15.9 Å². The van der Waals surface area contributed by atoms with E-state index in [2.05, 4.69) is 10.2 Å². The van der Waals surface area contributed by atoms with E-state index >= 15 is 0 Å². The second-order valence-electron chi connectivity index (χ2n) is 3.00. The van der Waals surface area contributed by atoms with Crippen LogP contribution in [0, 0.1) is 0 Å². The van der Waals surface area contributed by atoms with Crippen LogP contribution in [-0.4, -0.2) is 26.5 Å². The molecule has 0 aliphatic rings. The first-order valence-electron chi connectivity index (χ1n) is 4.44. The summed E-state index contributed by atoms with van der Waals surface area (Å²) in [5.74, 6) is -0.474. The zero-order chi connectivity index (χ0) is 11.5. The standard InChI is InChI=1S/C9H9N3O2S2.Na/c1-12-8(6-3-2-4-15-6)10-11-9(12)16-5-7(13)14;/h2-4H,5H2,1H3,(H,13,14);/q;+1/p-1. The molecule has 0 radical (unpaired) electrons. The van der Waals surface area contributed by atoms with Gasteiger partial charge >= 0.3 is 29.6 Å². The van der Waals surface area contributed by atoms with Crippen LogP contribution in [0.2, 0.25) is 0 Å². The third kappa shape index (κ3) is 3.56. The number of hydrogen-bond acceptors (Lipinski definition) is 6. The summed E-state index contributed by atoms with van der Waals surface area (Å²) in [5, 5.41) is 20.8. The molecule has 5 nitrogen and oxygen atoms in total. The van der Waals surface area contributed by atoms with Crippen molar-refractivity contribution in [2.24, 2.45) is 7.05 Å². The smallest absolute Gasteiger partial charge is 0.549 e. The third-order valence-electron chi connectivity index (χ3n) is 1.90. The van der Waals surface area contributed by atoms with E-state index in [1.807, 2.05) is 24.6 Å². The summed E-state index contributed by atoms with van der Waals surface area (Å²) < 4.78 is 1.78. The van der Waals surface area contributed by atoms with Crippen LogP contribution >= 0.6 is 23.1 Å². The van der Waals surface area contributed by atoms with Crippen LogP contribution in [0.5, 0.6) is 0 Å². The number of carboxylic acid groups (broad SMARTS) is 1. The Bertz CT molecular complexity index is 498. The molecule has 84 valence electrons. The fourth-order valence-corrected chi connectivity index (χ4v) is 2.55. The summed E-state index contributed by atoms with van der Waals surface area (Å²) in [6.45, 7) is 0. The van der Waals surface area contributed by atoms with Crippen molar-refractivity contribution < 1.29 is 39.5 Å². The molecule has 0 spiro atoms. The minimum Gasteiger partial charge on any atom is -0.549 e. The Morgan fingerprint density at radius 1 is 1.59 bits per heavy atom. The molecule has 8 heteroatoms. The molecule has 0 atom stereocenters. The topological polar surface area (TPSA) is 70.8 Å². The van der Waals surface area contributed by atoms with Crippen molar-refractivity contribution in [1.29, 1.82) is 0 Å². The first kappa shape index (κ1) is 14.7. The maximum atomic E-state index is 10.3. The van der Waals surface area contributed by atoms with E-state index in [1.165, 1.54) is 0 Å². The first-order valence-corrected chi connectivity index (χ1v) is 6.31. The van der Waals surface area contributed by atoms with Gasteiger partial charge in [0.25, 0.3) is 0 Å². The Balaban J connectivity index is 0.00000144. The summed E-state index contributed by atoms with van der Waals surface area (Å²) in [5.41, 5.74) is 0. The predicted molar refractivity (Wildman–Crippen MR) is 60.0 cm³/mol. The Kier molecular flexibility index (Phi) is 5.68. The van der Waals surface area contributed by atoms with Crippen LogP contribution in [0.1, 0.15) is 0 Å². The van der Waals surface area contributed by atoms with Gasteiger partial charge in [0.05, 0.1) is 10.8 Å². The third-order valence-corrected chi connectivity index (χ3v) is 3.76. The van der Waals surface area contributed by atoms with E-state index in [-0.39, 0.29) is 35.3 Å². The summed E-state index contributed by atoms with van der Waals surface area (Å²) in [6, 6.07) is 3.88. The first-order chi connectivity index (χ1) is 7.68. The van der Waals surface area contributed by atoms with Gasteiger partial charge in [-0.1, -0.05) is 17.8 Å². The van der Waals surface area contributed by atoms with Crippen molar-refractivity contribution in [3.8, 4) is 10.7 Å². The number of aliphatic carboxylic acids is 1. The quantitative estimate of drug-likeness (QED) is 0.452. The number of rotatable bonds is 4. The zero-order valence-electron chi connectivity index (χ0n) is 9.41. The molecule has 0 fully saturated rings. The molecular weight excluding hydrogens is 269 g/mol. The number of carbonyl (C=O) groups excluding carboxylic acids is 1. The summed E-state index contributed by atoms with van der Waals surface area (Å²) >= 11 is 2.67.